The Kier molecular flexibility index (Phi) is 2.73. The number of hydrogen-bond acceptors (Lipinski definition) is 2. The summed E-state index contributed by atoms with van der Waals surface area (Å²) in [4.78, 5) is 0. The van der Waals surface area contributed by atoms with E-state index in [-0.39, 0.29) is 18.8 Å². The maximum absolute atomic E-state index is 12.6. The lowest BCUT2D eigenvalue weighted by Crippen LogP contribution is -2.37. The largest absolute Gasteiger partial charge is 0.316 e. The van der Waals surface area contributed by atoms with Crippen LogP contribution in [0.1, 0.15) is 18.4 Å². The Morgan fingerprint density at radius 2 is 2.33 bits per heavy atom. The van der Waals surface area contributed by atoms with E-state index in [1.54, 1.807) is 10.9 Å². The maximum atomic E-state index is 12.6. The molecular weight excluding hydrogens is 200 g/mol. The molecule has 1 aliphatic carbocycles. The van der Waals surface area contributed by atoms with Crippen molar-refractivity contribution < 1.29 is 8.78 Å². The third kappa shape index (κ3) is 2.53. The van der Waals surface area contributed by atoms with Gasteiger partial charge in [-0.2, -0.15) is 5.10 Å². The summed E-state index contributed by atoms with van der Waals surface area (Å²) in [5.41, 5.74) is 1.09. The standard InChI is InChI=1S/C10H15F2N3/c1-13-4-9-5-14-15(7-9)6-8-2-10(11,12)3-8/h5,7-8,13H,2-4,6H2,1H3. The van der Waals surface area contributed by atoms with E-state index in [9.17, 15) is 8.78 Å². The van der Waals surface area contributed by atoms with Crippen molar-refractivity contribution in [2.24, 2.45) is 5.92 Å². The monoisotopic (exact) mass is 215 g/mol. The molecule has 5 heteroatoms. The fourth-order valence-corrected chi connectivity index (χ4v) is 1.98. The Balaban J connectivity index is 1.84. The number of rotatable bonds is 4. The lowest BCUT2D eigenvalue weighted by atomic mass is 9.81. The number of nitrogens with zero attached hydrogens (tertiary/aromatic N) is 2. The predicted octanol–water partition coefficient (Wildman–Crippen LogP) is 1.65. The van der Waals surface area contributed by atoms with Crippen molar-refractivity contribution in [3.63, 3.8) is 0 Å². The van der Waals surface area contributed by atoms with Crippen LogP contribution in [0.25, 0.3) is 0 Å². The molecule has 84 valence electrons. The van der Waals surface area contributed by atoms with E-state index in [4.69, 9.17) is 0 Å². The number of alkyl halides is 2. The minimum absolute atomic E-state index is 0.00816. The highest BCUT2D eigenvalue weighted by Crippen LogP contribution is 2.42. The van der Waals surface area contributed by atoms with Gasteiger partial charge in [-0.05, 0) is 13.0 Å². The molecule has 2 rings (SSSR count). The summed E-state index contributed by atoms with van der Waals surface area (Å²) >= 11 is 0. The summed E-state index contributed by atoms with van der Waals surface area (Å²) in [6.07, 6.45) is 3.70. The average Bonchev–Trinajstić information content (AvgIpc) is 2.50. The Bertz CT molecular complexity index is 327. The van der Waals surface area contributed by atoms with Crippen LogP contribution in [0.4, 0.5) is 8.78 Å². The van der Waals surface area contributed by atoms with Gasteiger partial charge in [-0.3, -0.25) is 4.68 Å². The first-order chi connectivity index (χ1) is 7.09. The maximum Gasteiger partial charge on any atom is 0.248 e. The molecule has 0 unspecified atom stereocenters. The molecule has 1 aliphatic rings. The molecule has 1 aromatic rings. The van der Waals surface area contributed by atoms with Crippen LogP contribution in [0.5, 0.6) is 0 Å². The lowest BCUT2D eigenvalue weighted by molar-refractivity contribution is -0.114. The molecule has 0 amide bonds. The number of halogens is 2. The summed E-state index contributed by atoms with van der Waals surface area (Å²) in [5, 5.41) is 7.15. The molecule has 0 spiro atoms. The Labute approximate surface area is 87.5 Å². The van der Waals surface area contributed by atoms with Gasteiger partial charge in [0.1, 0.15) is 0 Å². The van der Waals surface area contributed by atoms with Crippen LogP contribution in [-0.4, -0.2) is 22.8 Å². The molecule has 0 aliphatic heterocycles. The van der Waals surface area contributed by atoms with E-state index in [2.05, 4.69) is 10.4 Å². The Morgan fingerprint density at radius 3 is 2.93 bits per heavy atom. The Hall–Kier alpha value is -0.970. The van der Waals surface area contributed by atoms with Crippen molar-refractivity contribution in [3.05, 3.63) is 18.0 Å². The van der Waals surface area contributed by atoms with Crippen LogP contribution >= 0.6 is 0 Å². The van der Waals surface area contributed by atoms with Gasteiger partial charge in [0, 0.05) is 37.7 Å². The molecule has 3 nitrogen and oxygen atoms in total. The van der Waals surface area contributed by atoms with Crippen molar-refractivity contribution in [3.8, 4) is 0 Å². The summed E-state index contributed by atoms with van der Waals surface area (Å²) in [7, 11) is 1.86. The molecule has 0 bridgehead atoms. The molecule has 0 atom stereocenters. The first kappa shape index (κ1) is 10.5. The highest BCUT2D eigenvalue weighted by molar-refractivity contribution is 5.03. The minimum Gasteiger partial charge on any atom is -0.316 e. The SMILES string of the molecule is CNCc1cnn(CC2CC(F)(F)C2)c1. The predicted molar refractivity (Wildman–Crippen MR) is 52.7 cm³/mol. The van der Waals surface area contributed by atoms with Gasteiger partial charge < -0.3 is 5.32 Å². The second kappa shape index (κ2) is 3.89. The van der Waals surface area contributed by atoms with E-state index in [0.717, 1.165) is 12.1 Å². The van der Waals surface area contributed by atoms with Gasteiger partial charge in [-0.25, -0.2) is 8.78 Å². The van der Waals surface area contributed by atoms with E-state index >= 15 is 0 Å². The van der Waals surface area contributed by atoms with Crippen LogP contribution in [0.15, 0.2) is 12.4 Å². The van der Waals surface area contributed by atoms with Crippen molar-refractivity contribution in [2.75, 3.05) is 7.05 Å². The normalized spacial score (nSPS) is 20.2. The summed E-state index contributed by atoms with van der Waals surface area (Å²) < 4.78 is 26.9. The molecule has 0 saturated heterocycles. The highest BCUT2D eigenvalue weighted by Gasteiger charge is 2.45. The average molecular weight is 215 g/mol. The summed E-state index contributed by atoms with van der Waals surface area (Å²) in [6, 6.07) is 0. The fourth-order valence-electron chi connectivity index (χ4n) is 1.98. The minimum atomic E-state index is -2.42. The summed E-state index contributed by atoms with van der Waals surface area (Å²) in [6.45, 7) is 1.38. The molecule has 1 heterocycles. The molecule has 1 aromatic heterocycles. The van der Waals surface area contributed by atoms with Crippen LogP contribution in [0.2, 0.25) is 0 Å². The number of hydrogen-bond donors (Lipinski definition) is 1. The fraction of sp³-hybridized carbons (Fsp3) is 0.700. The third-order valence-electron chi connectivity index (χ3n) is 2.69. The molecule has 1 saturated carbocycles. The van der Waals surface area contributed by atoms with E-state index in [0.29, 0.717) is 6.54 Å². The summed E-state index contributed by atoms with van der Waals surface area (Å²) in [5.74, 6) is -2.34. The van der Waals surface area contributed by atoms with E-state index < -0.39 is 5.92 Å². The molecule has 1 fully saturated rings. The van der Waals surface area contributed by atoms with Crippen molar-refractivity contribution >= 4 is 0 Å². The molecule has 0 aromatic carbocycles. The van der Waals surface area contributed by atoms with Gasteiger partial charge >= 0.3 is 0 Å². The Morgan fingerprint density at radius 1 is 1.60 bits per heavy atom. The van der Waals surface area contributed by atoms with Crippen LogP contribution in [0, 0.1) is 5.92 Å². The quantitative estimate of drug-likeness (QED) is 0.827. The van der Waals surface area contributed by atoms with Gasteiger partial charge in [-0.1, -0.05) is 0 Å². The van der Waals surface area contributed by atoms with Crippen molar-refractivity contribution in [2.45, 2.75) is 31.9 Å². The molecular formula is C10H15F2N3. The van der Waals surface area contributed by atoms with Crippen LogP contribution in [0.3, 0.4) is 0 Å². The topological polar surface area (TPSA) is 29.9 Å². The lowest BCUT2D eigenvalue weighted by Gasteiger charge is -2.34. The first-order valence-electron chi connectivity index (χ1n) is 5.13. The number of nitrogens with one attached hydrogen (secondary N) is 1. The molecule has 15 heavy (non-hydrogen) atoms. The van der Waals surface area contributed by atoms with Crippen LogP contribution in [-0.2, 0) is 13.1 Å². The molecule has 1 N–H and O–H groups in total. The smallest absolute Gasteiger partial charge is 0.248 e. The second-order valence-corrected chi connectivity index (χ2v) is 4.23. The van der Waals surface area contributed by atoms with E-state index in [1.165, 1.54) is 0 Å². The zero-order valence-electron chi connectivity index (χ0n) is 8.71. The zero-order chi connectivity index (χ0) is 10.9. The first-order valence-corrected chi connectivity index (χ1v) is 5.13. The zero-order valence-corrected chi connectivity index (χ0v) is 8.71. The van der Waals surface area contributed by atoms with Crippen LogP contribution < -0.4 is 5.32 Å². The highest BCUT2D eigenvalue weighted by atomic mass is 19.3. The number of aromatic nitrogens is 2. The van der Waals surface area contributed by atoms with Gasteiger partial charge in [-0.15, -0.1) is 0 Å². The molecule has 0 radical (unpaired) electrons. The van der Waals surface area contributed by atoms with Gasteiger partial charge in [0.05, 0.1) is 6.20 Å². The third-order valence-corrected chi connectivity index (χ3v) is 2.69. The van der Waals surface area contributed by atoms with E-state index in [1.807, 2.05) is 13.2 Å². The van der Waals surface area contributed by atoms with Crippen molar-refractivity contribution in [1.82, 2.24) is 15.1 Å². The van der Waals surface area contributed by atoms with Crippen molar-refractivity contribution in [1.29, 1.82) is 0 Å². The van der Waals surface area contributed by atoms with Gasteiger partial charge in [0.25, 0.3) is 0 Å². The second-order valence-electron chi connectivity index (χ2n) is 4.23. The van der Waals surface area contributed by atoms with Gasteiger partial charge in [0.15, 0.2) is 0 Å². The van der Waals surface area contributed by atoms with Gasteiger partial charge in [0.2, 0.25) is 5.92 Å².